The van der Waals surface area contributed by atoms with Crippen molar-refractivity contribution in [2.24, 2.45) is 0 Å². The molecule has 0 aromatic heterocycles. The van der Waals surface area contributed by atoms with Crippen molar-refractivity contribution in [3.8, 4) is 0 Å². The van der Waals surface area contributed by atoms with E-state index in [0.29, 0.717) is 6.04 Å². The summed E-state index contributed by atoms with van der Waals surface area (Å²) in [6, 6.07) is 8.67. The van der Waals surface area contributed by atoms with Gasteiger partial charge in [-0.25, -0.2) is 0 Å². The summed E-state index contributed by atoms with van der Waals surface area (Å²) >= 11 is 5.91. The number of halogens is 1. The molecule has 1 saturated heterocycles. The van der Waals surface area contributed by atoms with Gasteiger partial charge in [0.05, 0.1) is 13.3 Å². The van der Waals surface area contributed by atoms with Gasteiger partial charge in [0, 0.05) is 17.6 Å². The van der Waals surface area contributed by atoms with Crippen LogP contribution in [0.2, 0.25) is 5.02 Å². The van der Waals surface area contributed by atoms with Crippen molar-refractivity contribution >= 4 is 11.6 Å². The van der Waals surface area contributed by atoms with Gasteiger partial charge < -0.3 is 4.74 Å². The van der Waals surface area contributed by atoms with Crippen molar-refractivity contribution in [1.29, 1.82) is 0 Å². The number of benzene rings is 1. The molecule has 2 nitrogen and oxygen atoms in total. The Bertz CT molecular complexity index is 319. The van der Waals surface area contributed by atoms with Gasteiger partial charge in [0.15, 0.2) is 0 Å². The molecule has 1 heterocycles. The van der Waals surface area contributed by atoms with E-state index in [1.165, 1.54) is 18.4 Å². The predicted octanol–water partition coefficient (Wildman–Crippen LogP) is 3.47. The number of hydrogen-bond acceptors (Lipinski definition) is 2. The molecule has 2 rings (SSSR count). The lowest BCUT2D eigenvalue weighted by atomic mass is 10.0. The van der Waals surface area contributed by atoms with Crippen LogP contribution in [0, 0.1) is 0 Å². The van der Waals surface area contributed by atoms with Crippen LogP contribution in [0.4, 0.5) is 0 Å². The minimum absolute atomic E-state index is 0.477. The first kappa shape index (κ1) is 11.9. The second kappa shape index (κ2) is 5.67. The first-order valence-corrected chi connectivity index (χ1v) is 6.26. The zero-order chi connectivity index (χ0) is 11.4. The molecule has 1 aliphatic heterocycles. The van der Waals surface area contributed by atoms with E-state index in [2.05, 4.69) is 24.0 Å². The molecule has 88 valence electrons. The molecule has 1 fully saturated rings. The van der Waals surface area contributed by atoms with E-state index >= 15 is 0 Å². The molecule has 1 atom stereocenters. The SMILES string of the molecule is CCCC(c1ccc(Cl)cc1)N1CCOC1. The molecule has 0 radical (unpaired) electrons. The number of rotatable bonds is 4. The van der Waals surface area contributed by atoms with E-state index in [-0.39, 0.29) is 0 Å². The Morgan fingerprint density at radius 2 is 2.12 bits per heavy atom. The van der Waals surface area contributed by atoms with Crippen LogP contribution in [0.15, 0.2) is 24.3 Å². The highest BCUT2D eigenvalue weighted by atomic mass is 35.5. The lowest BCUT2D eigenvalue weighted by molar-refractivity contribution is 0.110. The lowest BCUT2D eigenvalue weighted by Gasteiger charge is -2.26. The molecule has 1 unspecified atom stereocenters. The van der Waals surface area contributed by atoms with Crippen LogP contribution >= 0.6 is 11.6 Å². The van der Waals surface area contributed by atoms with Gasteiger partial charge in [0.25, 0.3) is 0 Å². The highest BCUT2D eigenvalue weighted by Gasteiger charge is 2.22. The van der Waals surface area contributed by atoms with E-state index < -0.39 is 0 Å². The van der Waals surface area contributed by atoms with Gasteiger partial charge in [0.2, 0.25) is 0 Å². The Labute approximate surface area is 102 Å². The highest BCUT2D eigenvalue weighted by Crippen LogP contribution is 2.28. The van der Waals surface area contributed by atoms with E-state index in [0.717, 1.165) is 24.9 Å². The lowest BCUT2D eigenvalue weighted by Crippen LogP contribution is -2.26. The second-order valence-corrected chi connectivity index (χ2v) is 4.64. The molecule has 1 aromatic rings. The van der Waals surface area contributed by atoms with Crippen molar-refractivity contribution in [2.75, 3.05) is 19.9 Å². The molecule has 0 bridgehead atoms. The molecule has 0 amide bonds. The highest BCUT2D eigenvalue weighted by molar-refractivity contribution is 6.30. The van der Waals surface area contributed by atoms with Crippen LogP contribution in [0.25, 0.3) is 0 Å². The van der Waals surface area contributed by atoms with Crippen molar-refractivity contribution in [3.05, 3.63) is 34.9 Å². The Balaban J connectivity index is 2.14. The van der Waals surface area contributed by atoms with E-state index in [9.17, 15) is 0 Å². The first-order chi connectivity index (χ1) is 7.81. The first-order valence-electron chi connectivity index (χ1n) is 5.88. The quantitative estimate of drug-likeness (QED) is 0.798. The van der Waals surface area contributed by atoms with Crippen LogP contribution in [0.5, 0.6) is 0 Å². The zero-order valence-corrected chi connectivity index (χ0v) is 10.4. The molecule has 0 spiro atoms. The fraction of sp³-hybridized carbons (Fsp3) is 0.538. The molecule has 1 aromatic carbocycles. The van der Waals surface area contributed by atoms with Crippen LogP contribution in [-0.2, 0) is 4.74 Å². The smallest absolute Gasteiger partial charge is 0.0996 e. The maximum absolute atomic E-state index is 5.91. The predicted molar refractivity (Wildman–Crippen MR) is 66.6 cm³/mol. The summed E-state index contributed by atoms with van der Waals surface area (Å²) in [6.07, 6.45) is 2.36. The van der Waals surface area contributed by atoms with Gasteiger partial charge in [-0.15, -0.1) is 0 Å². The van der Waals surface area contributed by atoms with Crippen molar-refractivity contribution in [2.45, 2.75) is 25.8 Å². The topological polar surface area (TPSA) is 12.5 Å². The van der Waals surface area contributed by atoms with E-state index in [4.69, 9.17) is 16.3 Å². The van der Waals surface area contributed by atoms with Gasteiger partial charge in [-0.3, -0.25) is 4.90 Å². The number of ether oxygens (including phenoxy) is 1. The van der Waals surface area contributed by atoms with Crippen LogP contribution in [-0.4, -0.2) is 24.8 Å². The van der Waals surface area contributed by atoms with Gasteiger partial charge in [-0.05, 0) is 24.1 Å². The Kier molecular flexibility index (Phi) is 4.22. The van der Waals surface area contributed by atoms with Crippen molar-refractivity contribution < 1.29 is 4.74 Å². The fourth-order valence-electron chi connectivity index (χ4n) is 2.19. The maximum atomic E-state index is 5.91. The van der Waals surface area contributed by atoms with Crippen molar-refractivity contribution in [3.63, 3.8) is 0 Å². The summed E-state index contributed by atoms with van der Waals surface area (Å²) in [6.45, 7) is 4.87. The summed E-state index contributed by atoms with van der Waals surface area (Å²) in [5.74, 6) is 0. The standard InChI is InChI=1S/C13H18ClNO/c1-2-3-13(15-8-9-16-10-15)11-4-6-12(14)7-5-11/h4-7,13H,2-3,8-10H2,1H3. The van der Waals surface area contributed by atoms with Crippen LogP contribution in [0.3, 0.4) is 0 Å². The molecule has 3 heteroatoms. The summed E-state index contributed by atoms with van der Waals surface area (Å²) < 4.78 is 5.43. The summed E-state index contributed by atoms with van der Waals surface area (Å²) in [4.78, 5) is 2.40. The molecule has 0 N–H and O–H groups in total. The maximum Gasteiger partial charge on any atom is 0.0996 e. The second-order valence-electron chi connectivity index (χ2n) is 4.21. The van der Waals surface area contributed by atoms with E-state index in [1.807, 2.05) is 12.1 Å². The van der Waals surface area contributed by atoms with Crippen molar-refractivity contribution in [1.82, 2.24) is 4.90 Å². The van der Waals surface area contributed by atoms with Crippen LogP contribution in [0.1, 0.15) is 31.4 Å². The average Bonchev–Trinajstić information content (AvgIpc) is 2.81. The third kappa shape index (κ3) is 2.76. The minimum atomic E-state index is 0.477. The molecule has 0 aliphatic carbocycles. The molecular formula is C13H18ClNO. The van der Waals surface area contributed by atoms with Gasteiger partial charge in [0.1, 0.15) is 0 Å². The number of hydrogen-bond donors (Lipinski definition) is 0. The van der Waals surface area contributed by atoms with Gasteiger partial charge in [-0.2, -0.15) is 0 Å². The van der Waals surface area contributed by atoms with E-state index in [1.54, 1.807) is 0 Å². The van der Waals surface area contributed by atoms with Gasteiger partial charge in [-0.1, -0.05) is 37.1 Å². The van der Waals surface area contributed by atoms with Gasteiger partial charge >= 0.3 is 0 Å². The fourth-order valence-corrected chi connectivity index (χ4v) is 2.32. The summed E-state index contributed by atoms with van der Waals surface area (Å²) in [5, 5.41) is 0.802. The summed E-state index contributed by atoms with van der Waals surface area (Å²) in [5.41, 5.74) is 1.34. The molecular weight excluding hydrogens is 222 g/mol. The molecule has 1 aliphatic rings. The normalized spacial score (nSPS) is 18.9. The Morgan fingerprint density at radius 3 is 2.69 bits per heavy atom. The zero-order valence-electron chi connectivity index (χ0n) is 9.66. The minimum Gasteiger partial charge on any atom is -0.365 e. The third-order valence-corrected chi connectivity index (χ3v) is 3.29. The average molecular weight is 240 g/mol. The Morgan fingerprint density at radius 1 is 1.38 bits per heavy atom. The Hall–Kier alpha value is -0.570. The van der Waals surface area contributed by atoms with Crippen LogP contribution < -0.4 is 0 Å². The molecule has 16 heavy (non-hydrogen) atoms. The monoisotopic (exact) mass is 239 g/mol. The third-order valence-electron chi connectivity index (χ3n) is 3.04. The summed E-state index contributed by atoms with van der Waals surface area (Å²) in [7, 11) is 0. The largest absolute Gasteiger partial charge is 0.365 e. The molecule has 0 saturated carbocycles. The number of nitrogens with zero attached hydrogens (tertiary/aromatic N) is 1.